The number of aromatic carboxylic acids is 1. The van der Waals surface area contributed by atoms with E-state index in [4.69, 9.17) is 0 Å². The van der Waals surface area contributed by atoms with Crippen LogP contribution in [0.5, 0.6) is 0 Å². The van der Waals surface area contributed by atoms with Gasteiger partial charge in [0.1, 0.15) is 4.88 Å². The van der Waals surface area contributed by atoms with E-state index in [9.17, 15) is 9.90 Å². The molecule has 1 aromatic heterocycles. The lowest BCUT2D eigenvalue weighted by Crippen LogP contribution is -1.97. The second-order valence-electron chi connectivity index (χ2n) is 4.40. The van der Waals surface area contributed by atoms with Gasteiger partial charge in [0.2, 0.25) is 0 Å². The summed E-state index contributed by atoms with van der Waals surface area (Å²) in [5, 5.41) is 10.4. The monoisotopic (exact) mass is 248 g/mol. The Morgan fingerprint density at radius 1 is 1.29 bits per heavy atom. The number of carbonyl (C=O) groups is 1. The van der Waals surface area contributed by atoms with Crippen molar-refractivity contribution in [3.05, 3.63) is 33.7 Å². The third-order valence-electron chi connectivity index (χ3n) is 3.10. The van der Waals surface area contributed by atoms with Gasteiger partial charge in [-0.05, 0) is 48.4 Å². The van der Waals surface area contributed by atoms with Crippen LogP contribution >= 0.6 is 11.3 Å². The first-order valence-electron chi connectivity index (χ1n) is 5.80. The number of benzene rings is 1. The minimum atomic E-state index is -0.801. The number of carboxylic acids is 1. The van der Waals surface area contributed by atoms with Crippen LogP contribution in [0.25, 0.3) is 10.1 Å². The maximum atomic E-state index is 11.2. The number of thiophene rings is 1. The smallest absolute Gasteiger partial charge is 0.346 e. The van der Waals surface area contributed by atoms with Gasteiger partial charge in [0, 0.05) is 4.70 Å². The van der Waals surface area contributed by atoms with E-state index in [0.29, 0.717) is 4.88 Å². The highest BCUT2D eigenvalue weighted by atomic mass is 32.1. The lowest BCUT2D eigenvalue weighted by atomic mass is 10.0. The predicted molar refractivity (Wildman–Crippen MR) is 72.3 cm³/mol. The van der Waals surface area contributed by atoms with Gasteiger partial charge in [-0.2, -0.15) is 0 Å². The molecule has 2 aromatic rings. The van der Waals surface area contributed by atoms with Crippen LogP contribution in [-0.2, 0) is 6.42 Å². The summed E-state index contributed by atoms with van der Waals surface area (Å²) in [5.74, 6) is -0.801. The van der Waals surface area contributed by atoms with Crippen molar-refractivity contribution >= 4 is 27.4 Å². The summed E-state index contributed by atoms with van der Waals surface area (Å²) in [6, 6.07) is 4.22. The highest BCUT2D eigenvalue weighted by Crippen LogP contribution is 2.34. The molecule has 90 valence electrons. The van der Waals surface area contributed by atoms with Crippen LogP contribution in [0, 0.1) is 13.8 Å². The molecule has 0 bridgehead atoms. The molecule has 0 saturated carbocycles. The third kappa shape index (κ3) is 2.07. The Labute approximate surface area is 105 Å². The first-order chi connectivity index (χ1) is 8.04. The number of hydrogen-bond donors (Lipinski definition) is 1. The lowest BCUT2D eigenvalue weighted by molar-refractivity contribution is 0.0701. The molecular formula is C14H16O2S. The van der Waals surface area contributed by atoms with E-state index < -0.39 is 5.97 Å². The molecule has 3 heteroatoms. The quantitative estimate of drug-likeness (QED) is 0.885. The molecular weight excluding hydrogens is 232 g/mol. The molecule has 0 aliphatic rings. The maximum Gasteiger partial charge on any atom is 0.346 e. The van der Waals surface area contributed by atoms with Gasteiger partial charge in [-0.25, -0.2) is 4.79 Å². The molecule has 0 atom stereocenters. The van der Waals surface area contributed by atoms with Gasteiger partial charge in [0.25, 0.3) is 0 Å². The molecule has 0 aliphatic carbocycles. The second-order valence-corrected chi connectivity index (χ2v) is 5.45. The van der Waals surface area contributed by atoms with Crippen molar-refractivity contribution in [2.45, 2.75) is 33.6 Å². The van der Waals surface area contributed by atoms with E-state index in [0.717, 1.165) is 28.5 Å². The van der Waals surface area contributed by atoms with Gasteiger partial charge in [0.15, 0.2) is 0 Å². The molecule has 0 amide bonds. The Bertz CT molecular complexity index is 581. The van der Waals surface area contributed by atoms with Crippen molar-refractivity contribution in [1.29, 1.82) is 0 Å². The molecule has 0 spiro atoms. The standard InChI is InChI=1S/C14H16O2S/c1-4-5-10-11-6-8(2)9(3)7-12(11)17-13(10)14(15)16/h6-7H,4-5H2,1-3H3,(H,15,16). The summed E-state index contributed by atoms with van der Waals surface area (Å²) in [7, 11) is 0. The van der Waals surface area contributed by atoms with E-state index >= 15 is 0 Å². The first-order valence-corrected chi connectivity index (χ1v) is 6.62. The lowest BCUT2D eigenvalue weighted by Gasteiger charge is -2.02. The molecule has 2 nitrogen and oxygen atoms in total. The fourth-order valence-corrected chi connectivity index (χ4v) is 3.25. The zero-order valence-electron chi connectivity index (χ0n) is 10.3. The third-order valence-corrected chi connectivity index (χ3v) is 4.28. The largest absolute Gasteiger partial charge is 0.477 e. The van der Waals surface area contributed by atoms with Crippen LogP contribution < -0.4 is 0 Å². The Hall–Kier alpha value is -1.35. The van der Waals surface area contributed by atoms with Crippen molar-refractivity contribution in [1.82, 2.24) is 0 Å². The summed E-state index contributed by atoms with van der Waals surface area (Å²) in [4.78, 5) is 11.8. The SMILES string of the molecule is CCCc1c(C(=O)O)sc2cc(C)c(C)cc12. The van der Waals surface area contributed by atoms with E-state index in [1.54, 1.807) is 0 Å². The molecule has 1 N–H and O–H groups in total. The topological polar surface area (TPSA) is 37.3 Å². The Kier molecular flexibility index (Phi) is 3.20. The zero-order chi connectivity index (χ0) is 12.6. The molecule has 0 radical (unpaired) electrons. The van der Waals surface area contributed by atoms with Crippen LogP contribution in [-0.4, -0.2) is 11.1 Å². The average Bonchev–Trinajstić information content (AvgIpc) is 2.59. The molecule has 2 rings (SSSR count). The predicted octanol–water partition coefficient (Wildman–Crippen LogP) is 4.17. The molecule has 0 aliphatic heterocycles. The summed E-state index contributed by atoms with van der Waals surface area (Å²) in [6.07, 6.45) is 1.81. The van der Waals surface area contributed by atoms with Gasteiger partial charge in [-0.3, -0.25) is 0 Å². The summed E-state index contributed by atoms with van der Waals surface area (Å²) < 4.78 is 1.09. The van der Waals surface area contributed by atoms with Crippen LogP contribution in [0.3, 0.4) is 0 Å². The zero-order valence-corrected chi connectivity index (χ0v) is 11.1. The summed E-state index contributed by atoms with van der Waals surface area (Å²) in [6.45, 7) is 6.22. The minimum Gasteiger partial charge on any atom is -0.477 e. The summed E-state index contributed by atoms with van der Waals surface area (Å²) >= 11 is 1.40. The maximum absolute atomic E-state index is 11.2. The number of carboxylic acid groups (broad SMARTS) is 1. The fraction of sp³-hybridized carbons (Fsp3) is 0.357. The number of rotatable bonds is 3. The van der Waals surface area contributed by atoms with Crippen molar-refractivity contribution in [3.63, 3.8) is 0 Å². The average molecular weight is 248 g/mol. The molecule has 1 aromatic carbocycles. The van der Waals surface area contributed by atoms with Gasteiger partial charge in [-0.15, -0.1) is 11.3 Å². The van der Waals surface area contributed by atoms with E-state index in [2.05, 4.69) is 32.9 Å². The van der Waals surface area contributed by atoms with Crippen molar-refractivity contribution in [2.24, 2.45) is 0 Å². The van der Waals surface area contributed by atoms with Crippen molar-refractivity contribution in [3.8, 4) is 0 Å². The van der Waals surface area contributed by atoms with E-state index in [-0.39, 0.29) is 0 Å². The Morgan fingerprint density at radius 3 is 2.53 bits per heavy atom. The van der Waals surface area contributed by atoms with Crippen molar-refractivity contribution < 1.29 is 9.90 Å². The van der Waals surface area contributed by atoms with Crippen LogP contribution in [0.2, 0.25) is 0 Å². The minimum absolute atomic E-state index is 0.506. The van der Waals surface area contributed by atoms with Gasteiger partial charge in [-0.1, -0.05) is 19.4 Å². The normalized spacial score (nSPS) is 11.0. The molecule has 0 fully saturated rings. The van der Waals surface area contributed by atoms with Crippen molar-refractivity contribution in [2.75, 3.05) is 0 Å². The Morgan fingerprint density at radius 2 is 1.94 bits per heavy atom. The van der Waals surface area contributed by atoms with Crippen LogP contribution in [0.15, 0.2) is 12.1 Å². The van der Waals surface area contributed by atoms with E-state index in [1.807, 2.05) is 0 Å². The van der Waals surface area contributed by atoms with E-state index in [1.165, 1.54) is 22.5 Å². The second kappa shape index (κ2) is 4.49. The molecule has 0 unspecified atom stereocenters. The number of aryl methyl sites for hydroxylation is 3. The summed E-state index contributed by atoms with van der Waals surface area (Å²) in [5.41, 5.74) is 3.45. The van der Waals surface area contributed by atoms with Gasteiger partial charge in [0.05, 0.1) is 0 Å². The fourth-order valence-electron chi connectivity index (χ4n) is 2.07. The van der Waals surface area contributed by atoms with Gasteiger partial charge >= 0.3 is 5.97 Å². The molecule has 1 heterocycles. The molecule has 17 heavy (non-hydrogen) atoms. The number of hydrogen-bond acceptors (Lipinski definition) is 2. The Balaban J connectivity index is 2.75. The van der Waals surface area contributed by atoms with Crippen LogP contribution in [0.1, 0.15) is 39.7 Å². The number of fused-ring (bicyclic) bond motifs is 1. The van der Waals surface area contributed by atoms with Gasteiger partial charge < -0.3 is 5.11 Å². The first kappa shape index (κ1) is 12.1. The highest BCUT2D eigenvalue weighted by molar-refractivity contribution is 7.21. The molecule has 0 saturated heterocycles. The van der Waals surface area contributed by atoms with Crippen LogP contribution in [0.4, 0.5) is 0 Å². The highest BCUT2D eigenvalue weighted by Gasteiger charge is 2.17.